The Morgan fingerprint density at radius 3 is 2.59 bits per heavy atom. The second kappa shape index (κ2) is 4.97. The summed E-state index contributed by atoms with van der Waals surface area (Å²) in [4.78, 5) is 0.196. The van der Waals surface area contributed by atoms with Crippen LogP contribution in [0.3, 0.4) is 0 Å². The molecule has 0 aliphatic carbocycles. The molecule has 0 radical (unpaired) electrons. The van der Waals surface area contributed by atoms with Gasteiger partial charge in [-0.2, -0.15) is 4.31 Å². The normalized spacial score (nSPS) is 21.9. The molecule has 0 N–H and O–H groups in total. The summed E-state index contributed by atoms with van der Waals surface area (Å²) in [6, 6.07) is 4.39. The molecule has 1 saturated heterocycles. The first-order chi connectivity index (χ1) is 7.93. The van der Waals surface area contributed by atoms with Crippen LogP contribution in [0.2, 0.25) is 10.0 Å². The van der Waals surface area contributed by atoms with Crippen LogP contribution in [0.5, 0.6) is 0 Å². The monoisotopic (exact) mass is 311 g/mol. The lowest BCUT2D eigenvalue weighted by atomic mass is 10.4. The fourth-order valence-electron chi connectivity index (χ4n) is 1.67. The van der Waals surface area contributed by atoms with Crippen LogP contribution < -0.4 is 0 Å². The highest BCUT2D eigenvalue weighted by atomic mass is 35.5. The van der Waals surface area contributed by atoms with Crippen LogP contribution in [0.1, 0.15) is 6.92 Å². The van der Waals surface area contributed by atoms with Crippen LogP contribution in [-0.4, -0.2) is 30.4 Å². The summed E-state index contributed by atoms with van der Waals surface area (Å²) in [5.41, 5.74) is 0. The fraction of sp³-hybridized carbons (Fsp3) is 0.400. The van der Waals surface area contributed by atoms with E-state index < -0.39 is 10.0 Å². The van der Waals surface area contributed by atoms with Gasteiger partial charge in [0, 0.05) is 12.3 Å². The second-order valence-corrected chi connectivity index (χ2v) is 7.79. The van der Waals surface area contributed by atoms with Crippen molar-refractivity contribution in [1.82, 2.24) is 4.31 Å². The van der Waals surface area contributed by atoms with Crippen LogP contribution >= 0.6 is 35.0 Å². The maximum atomic E-state index is 12.3. The highest BCUT2D eigenvalue weighted by Crippen LogP contribution is 2.32. The van der Waals surface area contributed by atoms with Gasteiger partial charge in [0.05, 0.1) is 20.3 Å². The molecule has 2 rings (SSSR count). The van der Waals surface area contributed by atoms with Crippen molar-refractivity contribution in [2.24, 2.45) is 0 Å². The molecule has 0 spiro atoms. The molecule has 0 aromatic heterocycles. The van der Waals surface area contributed by atoms with Gasteiger partial charge in [-0.25, -0.2) is 8.42 Å². The summed E-state index contributed by atoms with van der Waals surface area (Å²) in [5.74, 6) is 0.821. The van der Waals surface area contributed by atoms with Crippen LogP contribution in [0.4, 0.5) is 0 Å². The summed E-state index contributed by atoms with van der Waals surface area (Å²) in [7, 11) is -3.46. The van der Waals surface area contributed by atoms with Crippen molar-refractivity contribution in [3.63, 3.8) is 0 Å². The Morgan fingerprint density at radius 1 is 1.35 bits per heavy atom. The molecule has 94 valence electrons. The molecule has 0 bridgehead atoms. The van der Waals surface area contributed by atoms with Gasteiger partial charge in [0.1, 0.15) is 0 Å². The topological polar surface area (TPSA) is 37.4 Å². The Bertz CT molecular complexity index is 533. The van der Waals surface area contributed by atoms with E-state index in [0.717, 1.165) is 5.75 Å². The van der Waals surface area contributed by atoms with Gasteiger partial charge in [-0.15, -0.1) is 11.8 Å². The molecule has 1 atom stereocenters. The van der Waals surface area contributed by atoms with E-state index >= 15 is 0 Å². The maximum absolute atomic E-state index is 12.3. The van der Waals surface area contributed by atoms with Gasteiger partial charge in [-0.1, -0.05) is 23.2 Å². The summed E-state index contributed by atoms with van der Waals surface area (Å²) >= 11 is 13.2. The first-order valence-electron chi connectivity index (χ1n) is 5.01. The zero-order valence-electron chi connectivity index (χ0n) is 9.06. The van der Waals surface area contributed by atoms with Gasteiger partial charge in [0.2, 0.25) is 10.0 Å². The standard InChI is InChI=1S/C10H11Cl2NO2S2/c1-7-13(4-5-16-7)17(14,15)8-2-3-9(11)10(12)6-8/h2-3,6-7H,4-5H2,1H3. The van der Waals surface area contributed by atoms with E-state index in [1.807, 2.05) is 6.92 Å². The number of nitrogens with zero attached hydrogens (tertiary/aromatic N) is 1. The maximum Gasteiger partial charge on any atom is 0.244 e. The lowest BCUT2D eigenvalue weighted by Crippen LogP contribution is -2.33. The molecule has 1 aromatic rings. The first-order valence-corrected chi connectivity index (χ1v) is 8.26. The summed E-state index contributed by atoms with van der Waals surface area (Å²) in [6.07, 6.45) is 0. The molecule has 7 heteroatoms. The van der Waals surface area contributed by atoms with Crippen LogP contribution in [0.25, 0.3) is 0 Å². The van der Waals surface area contributed by atoms with Crippen LogP contribution in [0, 0.1) is 0 Å². The minimum atomic E-state index is -3.46. The predicted octanol–water partition coefficient (Wildman–Crippen LogP) is 3.08. The zero-order valence-corrected chi connectivity index (χ0v) is 12.2. The summed E-state index contributed by atoms with van der Waals surface area (Å²) in [5, 5.41) is 0.580. The summed E-state index contributed by atoms with van der Waals surface area (Å²) in [6.45, 7) is 2.42. The van der Waals surface area contributed by atoms with Gasteiger partial charge in [-0.05, 0) is 25.1 Å². The van der Waals surface area contributed by atoms with Crippen LogP contribution in [0.15, 0.2) is 23.1 Å². The van der Waals surface area contributed by atoms with E-state index in [1.54, 1.807) is 11.8 Å². The minimum Gasteiger partial charge on any atom is -0.207 e. The average molecular weight is 312 g/mol. The molecule has 0 saturated carbocycles. The fourth-order valence-corrected chi connectivity index (χ4v) is 5.08. The first kappa shape index (κ1) is 13.5. The molecule has 3 nitrogen and oxygen atoms in total. The Morgan fingerprint density at radius 2 is 2.06 bits per heavy atom. The van der Waals surface area contributed by atoms with Crippen molar-refractivity contribution < 1.29 is 8.42 Å². The van der Waals surface area contributed by atoms with Crippen molar-refractivity contribution >= 4 is 45.0 Å². The quantitative estimate of drug-likeness (QED) is 0.842. The highest BCUT2D eigenvalue weighted by molar-refractivity contribution is 8.01. The minimum absolute atomic E-state index is 0.0329. The molecular weight excluding hydrogens is 301 g/mol. The molecule has 1 unspecified atom stereocenters. The van der Waals surface area contributed by atoms with Gasteiger partial charge in [-0.3, -0.25) is 0 Å². The molecule has 1 aliphatic heterocycles. The molecule has 1 heterocycles. The lowest BCUT2D eigenvalue weighted by Gasteiger charge is -2.20. The Hall–Kier alpha value is 0.0600. The SMILES string of the molecule is CC1SCCN1S(=O)(=O)c1ccc(Cl)c(Cl)c1. The predicted molar refractivity (Wildman–Crippen MR) is 72.3 cm³/mol. The number of benzene rings is 1. The van der Waals surface area contributed by atoms with E-state index in [2.05, 4.69) is 0 Å². The number of halogens is 2. The van der Waals surface area contributed by atoms with E-state index in [1.165, 1.54) is 22.5 Å². The third-order valence-electron chi connectivity index (χ3n) is 2.57. The van der Waals surface area contributed by atoms with Crippen molar-refractivity contribution in [3.05, 3.63) is 28.2 Å². The Kier molecular flexibility index (Phi) is 3.95. The van der Waals surface area contributed by atoms with E-state index in [4.69, 9.17) is 23.2 Å². The number of sulfonamides is 1. The Balaban J connectivity index is 2.41. The third kappa shape index (κ3) is 2.58. The summed E-state index contributed by atoms with van der Waals surface area (Å²) < 4.78 is 26.1. The van der Waals surface area contributed by atoms with E-state index in [9.17, 15) is 8.42 Å². The van der Waals surface area contributed by atoms with Crippen molar-refractivity contribution in [2.75, 3.05) is 12.3 Å². The average Bonchev–Trinajstić information content (AvgIpc) is 2.69. The van der Waals surface area contributed by atoms with Gasteiger partial charge in [0.15, 0.2) is 0 Å². The van der Waals surface area contributed by atoms with Gasteiger partial charge < -0.3 is 0 Å². The number of rotatable bonds is 2. The van der Waals surface area contributed by atoms with Crippen molar-refractivity contribution in [1.29, 1.82) is 0 Å². The zero-order chi connectivity index (χ0) is 12.6. The largest absolute Gasteiger partial charge is 0.244 e. The molecule has 17 heavy (non-hydrogen) atoms. The number of thioether (sulfide) groups is 1. The molecule has 1 aromatic carbocycles. The molecule has 0 amide bonds. The van der Waals surface area contributed by atoms with E-state index in [0.29, 0.717) is 11.6 Å². The second-order valence-electron chi connectivity index (χ2n) is 3.66. The van der Waals surface area contributed by atoms with Gasteiger partial charge >= 0.3 is 0 Å². The third-order valence-corrected chi connectivity index (χ3v) is 6.57. The number of hydrogen-bond acceptors (Lipinski definition) is 3. The van der Waals surface area contributed by atoms with Crippen molar-refractivity contribution in [2.45, 2.75) is 17.2 Å². The van der Waals surface area contributed by atoms with E-state index in [-0.39, 0.29) is 15.3 Å². The Labute approximate surface area is 115 Å². The smallest absolute Gasteiger partial charge is 0.207 e. The molecule has 1 fully saturated rings. The molecule has 1 aliphatic rings. The van der Waals surface area contributed by atoms with Crippen molar-refractivity contribution in [3.8, 4) is 0 Å². The van der Waals surface area contributed by atoms with Crippen LogP contribution in [-0.2, 0) is 10.0 Å². The molecular formula is C10H11Cl2NO2S2. The highest BCUT2D eigenvalue weighted by Gasteiger charge is 2.33. The number of hydrogen-bond donors (Lipinski definition) is 0. The lowest BCUT2D eigenvalue weighted by molar-refractivity contribution is 0.442. The van der Waals surface area contributed by atoms with Gasteiger partial charge in [0.25, 0.3) is 0 Å².